The number of rotatable bonds is 22. The topological polar surface area (TPSA) is 397 Å². The third-order valence-corrected chi connectivity index (χ3v) is 16.5. The number of hydrogen-bond donors (Lipinski definition) is 6. The number of benzene rings is 1. The lowest BCUT2D eigenvalue weighted by atomic mass is 10.1. The Labute approximate surface area is 650 Å². The zero-order valence-electron chi connectivity index (χ0n) is 62.9. The SMILES string of the molecule is BrC1CC1.COC(C)c1c(N)cncc1OC1CC1.COC(C)c1c(NC(=O)Nc2cnc(-n3nccn3)c(Cl)c2)cncc1OC1CC1.COC(C)c1c(NC(=O)OC(C)(C)C)cncc1OCc1ccccc1.COC(C)c1c(O)cncc1NC(=O)OC(C)(C)C.O=C=Nc1cnc(-n2nccn2)c(Cl)c1. The van der Waals surface area contributed by atoms with Crippen LogP contribution in [0.15, 0.2) is 134 Å². The number of anilines is 5. The van der Waals surface area contributed by atoms with Gasteiger partial charge in [0.2, 0.25) is 6.08 Å². The molecule has 0 aliphatic heterocycles. The van der Waals surface area contributed by atoms with Crippen LogP contribution in [-0.4, -0.2) is 146 Å². The molecule has 0 bridgehead atoms. The van der Waals surface area contributed by atoms with Gasteiger partial charge in [0, 0.05) is 55.5 Å². The van der Waals surface area contributed by atoms with Crippen molar-refractivity contribution in [3.63, 3.8) is 0 Å². The van der Waals surface area contributed by atoms with Gasteiger partial charge >= 0.3 is 18.2 Å². The van der Waals surface area contributed by atoms with Gasteiger partial charge in [-0.15, -0.1) is 9.59 Å². The van der Waals surface area contributed by atoms with Crippen LogP contribution in [0, 0.1) is 0 Å². The molecule has 32 nitrogen and oxygen atoms in total. The molecule has 3 saturated carbocycles. The first-order chi connectivity index (χ1) is 52.0. The normalized spacial score (nSPS) is 13.8. The maximum Gasteiger partial charge on any atom is 0.412 e. The third kappa shape index (κ3) is 28.5. The second-order valence-corrected chi connectivity index (χ2v) is 28.4. The molecule has 1 aromatic carbocycles. The summed E-state index contributed by atoms with van der Waals surface area (Å²) in [7, 11) is 6.37. The number of ether oxygens (including phenoxy) is 9. The van der Waals surface area contributed by atoms with E-state index in [2.05, 4.69) is 92.5 Å². The minimum atomic E-state index is -0.607. The number of aliphatic imine (C=N–C) groups is 1. The summed E-state index contributed by atoms with van der Waals surface area (Å²) in [5, 5.41) is 36.9. The number of aromatic nitrogens is 12. The lowest BCUT2D eigenvalue weighted by molar-refractivity contribution is 0.0623. The van der Waals surface area contributed by atoms with Crippen molar-refractivity contribution in [3.8, 4) is 34.6 Å². The molecule has 109 heavy (non-hydrogen) atoms. The van der Waals surface area contributed by atoms with Gasteiger partial charge in [-0.3, -0.25) is 30.6 Å². The molecule has 0 spiro atoms. The molecule has 8 heterocycles. The van der Waals surface area contributed by atoms with E-state index < -0.39 is 29.4 Å². The lowest BCUT2D eigenvalue weighted by Crippen LogP contribution is -2.27. The highest BCUT2D eigenvalue weighted by molar-refractivity contribution is 9.09. The molecule has 7 N–H and O–H groups in total. The number of hydrogen-bond acceptors (Lipinski definition) is 26. The van der Waals surface area contributed by atoms with Crippen LogP contribution in [0.25, 0.3) is 11.6 Å². The molecule has 3 aliphatic carbocycles. The number of isocyanates is 1. The Balaban J connectivity index is 0.000000192. The number of carbonyl (C=O) groups excluding carboxylic acids is 4. The summed E-state index contributed by atoms with van der Waals surface area (Å²) in [6.45, 7) is 18.6. The number of urea groups is 1. The van der Waals surface area contributed by atoms with Crippen molar-refractivity contribution in [2.75, 3.05) is 55.4 Å². The van der Waals surface area contributed by atoms with E-state index in [4.69, 9.17) is 71.6 Å². The van der Waals surface area contributed by atoms with Crippen LogP contribution in [0.5, 0.6) is 23.0 Å². The largest absolute Gasteiger partial charge is 0.506 e. The fraction of sp³-hybridized carbons (Fsp3) is 0.405. The summed E-state index contributed by atoms with van der Waals surface area (Å²) in [6.07, 6.45) is 28.2. The van der Waals surface area contributed by atoms with Crippen LogP contribution in [0.4, 0.5) is 48.5 Å². The van der Waals surface area contributed by atoms with Crippen LogP contribution >= 0.6 is 39.1 Å². The summed E-state index contributed by atoms with van der Waals surface area (Å²) in [6, 6.07) is 12.4. The maximum atomic E-state index is 12.6. The summed E-state index contributed by atoms with van der Waals surface area (Å²) < 4.78 is 49.4. The highest BCUT2D eigenvalue weighted by atomic mass is 79.9. The van der Waals surface area contributed by atoms with Gasteiger partial charge in [0.15, 0.2) is 11.6 Å². The van der Waals surface area contributed by atoms with Gasteiger partial charge in [0.25, 0.3) is 0 Å². The van der Waals surface area contributed by atoms with Gasteiger partial charge in [0.1, 0.15) is 40.8 Å². The van der Waals surface area contributed by atoms with E-state index in [1.807, 2.05) is 71.9 Å². The van der Waals surface area contributed by atoms with Crippen molar-refractivity contribution in [3.05, 3.63) is 167 Å². The number of carbonyl (C=O) groups is 3. The molecule has 12 rings (SSSR count). The van der Waals surface area contributed by atoms with E-state index in [1.54, 1.807) is 92.3 Å². The molecular weight excluding hydrogens is 1520 g/mol. The number of amides is 4. The Hall–Kier alpha value is -10.5. The quantitative estimate of drug-likeness (QED) is 0.0208. The number of methoxy groups -OCH3 is 4. The van der Waals surface area contributed by atoms with Crippen molar-refractivity contribution >= 4 is 97.6 Å². The van der Waals surface area contributed by atoms with E-state index in [0.29, 0.717) is 91.1 Å². The smallest absolute Gasteiger partial charge is 0.412 e. The highest BCUT2D eigenvalue weighted by Crippen LogP contribution is 2.40. The van der Waals surface area contributed by atoms with Crippen LogP contribution in [-0.2, 0) is 39.8 Å². The summed E-state index contributed by atoms with van der Waals surface area (Å²) in [5.74, 6) is 2.61. The Morgan fingerprint density at radius 2 is 1.00 bits per heavy atom. The predicted molar refractivity (Wildman–Crippen MR) is 413 cm³/mol. The van der Waals surface area contributed by atoms with Crippen molar-refractivity contribution in [1.82, 2.24) is 59.9 Å². The van der Waals surface area contributed by atoms with Gasteiger partial charge in [-0.05, 0) is 125 Å². The van der Waals surface area contributed by atoms with E-state index in [0.717, 1.165) is 53.0 Å². The minimum Gasteiger partial charge on any atom is -0.506 e. The first kappa shape index (κ1) is 85.7. The zero-order valence-corrected chi connectivity index (χ0v) is 66.0. The Morgan fingerprint density at radius 1 is 0.578 bits per heavy atom. The number of nitrogens with zero attached hydrogens (tertiary/aromatic N) is 13. The number of nitrogens with two attached hydrogens (primary N) is 1. The summed E-state index contributed by atoms with van der Waals surface area (Å²) in [4.78, 5) is 77.7. The zero-order chi connectivity index (χ0) is 79.4. The van der Waals surface area contributed by atoms with Gasteiger partial charge in [-0.1, -0.05) is 69.5 Å². The molecule has 0 saturated heterocycles. The molecule has 4 amide bonds. The lowest BCUT2D eigenvalue weighted by Gasteiger charge is -2.22. The average Bonchev–Trinajstić information content (AvgIpc) is 1.80. The Morgan fingerprint density at radius 3 is 1.46 bits per heavy atom. The Bertz CT molecular complexity index is 4430. The van der Waals surface area contributed by atoms with Gasteiger partial charge in [-0.2, -0.15) is 25.4 Å². The molecule has 582 valence electrons. The minimum absolute atomic E-state index is 0.0390. The summed E-state index contributed by atoms with van der Waals surface area (Å²) in [5.41, 5.74) is 11.3. The molecule has 3 fully saturated rings. The van der Waals surface area contributed by atoms with Crippen LogP contribution in [0.2, 0.25) is 10.0 Å². The van der Waals surface area contributed by atoms with Crippen molar-refractivity contribution in [1.29, 1.82) is 0 Å². The van der Waals surface area contributed by atoms with Crippen LogP contribution < -0.4 is 41.2 Å². The fourth-order valence-electron chi connectivity index (χ4n) is 9.22. The van der Waals surface area contributed by atoms with Crippen molar-refractivity contribution < 1.29 is 66.9 Å². The molecule has 3 aliphatic rings. The monoisotopic (exact) mass is 1600 g/mol. The molecular formula is C74H91BrCl2N18O14. The van der Waals surface area contributed by atoms with Crippen molar-refractivity contribution in [2.24, 2.45) is 4.99 Å². The van der Waals surface area contributed by atoms with Gasteiger partial charge in [0.05, 0.1) is 168 Å². The molecule has 0 radical (unpaired) electrons. The van der Waals surface area contributed by atoms with E-state index in [1.165, 1.54) is 91.3 Å². The number of halogens is 3. The first-order valence-corrected chi connectivity index (χ1v) is 36.0. The van der Waals surface area contributed by atoms with Crippen molar-refractivity contribution in [2.45, 2.75) is 167 Å². The van der Waals surface area contributed by atoms with Crippen LogP contribution in [0.3, 0.4) is 0 Å². The number of pyridine rings is 6. The number of alkyl halides is 1. The van der Waals surface area contributed by atoms with E-state index in [9.17, 15) is 24.3 Å². The standard InChI is InChI=1S/C20H26N2O4.C19H20ClN7O3.C13H20N2O4.C11H16N2O2.C8H4ClN5O.C3H5Br/c1-14(24-5)18-16(22-19(23)26-20(2,3)4)11-21-12-17(18)25-13-15-9-7-6-8-10-15;1-11(29-2)17-15(9-21-10-16(17)30-13-3-4-13)26-19(28)25-12-7-14(20)18(22-8-12)27-23-5-6-24-27;1-8(18-5)11-9(6-14-7-10(11)16)15-12(17)19-13(2,3)4;1-7(14-2)11-9(12)5-13-6-10(11)15-8-3-4-8;9-7-3-6(11-5-15)4-10-8(7)14-12-1-2-13-14;4-3-1-2-3/h6-12,14H,13H2,1-5H3,(H,22,23);5-11,13H,3-4H2,1-2H3,(H2,25,26,28);6-8,16H,1-5H3,(H,15,17);5-8H,3-4,12H2,1-2H3;1-4H;3H,1-2H2. The average molecular weight is 1610 g/mol. The second kappa shape index (κ2) is 41.7. The second-order valence-electron chi connectivity index (χ2n) is 26.3. The molecule has 8 aromatic heterocycles. The number of aromatic hydroxyl groups is 1. The number of nitrogens with one attached hydrogen (secondary N) is 4. The predicted octanol–water partition coefficient (Wildman–Crippen LogP) is 15.9. The molecule has 35 heteroatoms. The van der Waals surface area contributed by atoms with Gasteiger partial charge < -0.3 is 64.1 Å². The molecule has 4 atom stereocenters. The number of nitrogen functional groups attached to an aromatic ring is 1. The maximum absolute atomic E-state index is 12.6. The summed E-state index contributed by atoms with van der Waals surface area (Å²) >= 11 is 15.5. The first-order valence-electron chi connectivity index (χ1n) is 34.3. The molecule has 4 unspecified atom stereocenters. The van der Waals surface area contributed by atoms with Crippen LogP contribution in [0.1, 0.15) is 160 Å². The van der Waals surface area contributed by atoms with Gasteiger partial charge in [-0.25, -0.2) is 29.1 Å². The molecule has 9 aromatic rings. The third-order valence-electron chi connectivity index (χ3n) is 15.1. The fourth-order valence-corrected chi connectivity index (χ4v) is 9.96. The van der Waals surface area contributed by atoms with E-state index >= 15 is 0 Å². The van der Waals surface area contributed by atoms with E-state index in [-0.39, 0.29) is 36.3 Å². The highest BCUT2D eigenvalue weighted by Gasteiger charge is 2.30. The Kier molecular flexibility index (Phi) is 32.8.